The van der Waals surface area contributed by atoms with E-state index in [4.69, 9.17) is 4.74 Å². The third-order valence-electron chi connectivity index (χ3n) is 3.38. The summed E-state index contributed by atoms with van der Waals surface area (Å²) in [6.07, 6.45) is 6.07. The van der Waals surface area contributed by atoms with E-state index < -0.39 is 0 Å². The highest BCUT2D eigenvalue weighted by molar-refractivity contribution is 5.49. The number of rotatable bonds is 3. The number of nitrogens with zero attached hydrogens (tertiary/aromatic N) is 1. The summed E-state index contributed by atoms with van der Waals surface area (Å²) in [5.74, 6) is 0.723. The standard InChI is InChI=1S/C13H20N2O/c1-10-9-14-6-3-13(10)15-11(2)12-4-7-16-8-5-12/h3,6,9,11-12H,4-5,7-8H2,1-2H3,(H,14,15). The Morgan fingerprint density at radius 2 is 2.19 bits per heavy atom. The van der Waals surface area contributed by atoms with E-state index in [1.807, 2.05) is 18.5 Å². The summed E-state index contributed by atoms with van der Waals surface area (Å²) in [5.41, 5.74) is 2.41. The number of pyridine rings is 1. The second-order valence-electron chi connectivity index (χ2n) is 4.57. The first kappa shape index (κ1) is 11.4. The molecule has 0 saturated carbocycles. The van der Waals surface area contributed by atoms with Gasteiger partial charge in [-0.25, -0.2) is 0 Å². The summed E-state index contributed by atoms with van der Waals surface area (Å²) < 4.78 is 5.39. The number of hydrogen-bond donors (Lipinski definition) is 1. The third-order valence-corrected chi connectivity index (χ3v) is 3.38. The van der Waals surface area contributed by atoms with Crippen molar-refractivity contribution >= 4 is 5.69 Å². The molecule has 16 heavy (non-hydrogen) atoms. The molecule has 88 valence electrons. The first-order valence-corrected chi connectivity index (χ1v) is 6.02. The van der Waals surface area contributed by atoms with Crippen LogP contribution in [0.2, 0.25) is 0 Å². The quantitative estimate of drug-likeness (QED) is 0.850. The zero-order valence-electron chi connectivity index (χ0n) is 10.1. The molecule has 0 spiro atoms. The molecule has 0 bridgehead atoms. The molecule has 1 saturated heterocycles. The predicted molar refractivity (Wildman–Crippen MR) is 65.6 cm³/mol. The average Bonchev–Trinajstić information content (AvgIpc) is 2.33. The number of ether oxygens (including phenoxy) is 1. The maximum absolute atomic E-state index is 5.39. The fourth-order valence-corrected chi connectivity index (χ4v) is 2.21. The molecule has 1 aromatic heterocycles. The maximum Gasteiger partial charge on any atom is 0.0469 e. The number of aryl methyl sites for hydroxylation is 1. The topological polar surface area (TPSA) is 34.2 Å². The summed E-state index contributed by atoms with van der Waals surface area (Å²) >= 11 is 0. The molecule has 2 heterocycles. The van der Waals surface area contributed by atoms with Crippen molar-refractivity contribution in [1.29, 1.82) is 0 Å². The normalized spacial score (nSPS) is 19.4. The highest BCUT2D eigenvalue weighted by atomic mass is 16.5. The highest BCUT2D eigenvalue weighted by Gasteiger charge is 2.20. The Bertz CT molecular complexity index is 334. The van der Waals surface area contributed by atoms with Gasteiger partial charge in [-0.05, 0) is 44.2 Å². The molecule has 2 rings (SSSR count). The largest absolute Gasteiger partial charge is 0.382 e. The van der Waals surface area contributed by atoms with E-state index in [0.29, 0.717) is 6.04 Å². The summed E-state index contributed by atoms with van der Waals surface area (Å²) in [7, 11) is 0. The third kappa shape index (κ3) is 2.73. The molecule has 1 N–H and O–H groups in total. The highest BCUT2D eigenvalue weighted by Crippen LogP contribution is 2.22. The van der Waals surface area contributed by atoms with Gasteiger partial charge in [0.05, 0.1) is 0 Å². The minimum atomic E-state index is 0.505. The summed E-state index contributed by atoms with van der Waals surface area (Å²) in [6.45, 7) is 6.17. The molecule has 1 aliphatic rings. The van der Waals surface area contributed by atoms with Crippen LogP contribution in [0.4, 0.5) is 5.69 Å². The van der Waals surface area contributed by atoms with Crippen molar-refractivity contribution < 1.29 is 4.74 Å². The molecule has 1 atom stereocenters. The molecule has 3 nitrogen and oxygen atoms in total. The van der Waals surface area contributed by atoms with Crippen LogP contribution in [0.5, 0.6) is 0 Å². The Balaban J connectivity index is 1.96. The second-order valence-corrected chi connectivity index (χ2v) is 4.57. The Morgan fingerprint density at radius 3 is 2.88 bits per heavy atom. The zero-order valence-corrected chi connectivity index (χ0v) is 10.1. The van der Waals surface area contributed by atoms with Gasteiger partial charge < -0.3 is 10.1 Å². The Hall–Kier alpha value is -1.09. The summed E-state index contributed by atoms with van der Waals surface area (Å²) in [6, 6.07) is 2.55. The van der Waals surface area contributed by atoms with Crippen molar-refractivity contribution in [2.75, 3.05) is 18.5 Å². The monoisotopic (exact) mass is 220 g/mol. The van der Waals surface area contributed by atoms with Crippen LogP contribution in [0.1, 0.15) is 25.3 Å². The van der Waals surface area contributed by atoms with Crippen molar-refractivity contribution in [1.82, 2.24) is 4.98 Å². The smallest absolute Gasteiger partial charge is 0.0469 e. The fourth-order valence-electron chi connectivity index (χ4n) is 2.21. The van der Waals surface area contributed by atoms with E-state index in [2.05, 4.69) is 24.1 Å². The fraction of sp³-hybridized carbons (Fsp3) is 0.615. The van der Waals surface area contributed by atoms with Gasteiger partial charge in [0.15, 0.2) is 0 Å². The van der Waals surface area contributed by atoms with Crippen LogP contribution in [0, 0.1) is 12.8 Å². The maximum atomic E-state index is 5.39. The predicted octanol–water partition coefficient (Wildman–Crippen LogP) is 2.62. The van der Waals surface area contributed by atoms with E-state index in [1.54, 1.807) is 0 Å². The van der Waals surface area contributed by atoms with Gasteiger partial charge in [0, 0.05) is 37.3 Å². The molecule has 0 amide bonds. The minimum absolute atomic E-state index is 0.505. The van der Waals surface area contributed by atoms with Crippen molar-refractivity contribution in [3.63, 3.8) is 0 Å². The van der Waals surface area contributed by atoms with Crippen LogP contribution in [0.3, 0.4) is 0 Å². The van der Waals surface area contributed by atoms with Crippen LogP contribution in [0.25, 0.3) is 0 Å². The second kappa shape index (κ2) is 5.30. The van der Waals surface area contributed by atoms with E-state index in [-0.39, 0.29) is 0 Å². The Morgan fingerprint density at radius 1 is 1.44 bits per heavy atom. The van der Waals surface area contributed by atoms with Gasteiger partial charge in [-0.1, -0.05) is 0 Å². The number of anilines is 1. The van der Waals surface area contributed by atoms with Gasteiger partial charge in [-0.2, -0.15) is 0 Å². The molecule has 1 aliphatic heterocycles. The minimum Gasteiger partial charge on any atom is -0.382 e. The van der Waals surface area contributed by atoms with Crippen LogP contribution in [-0.4, -0.2) is 24.2 Å². The SMILES string of the molecule is Cc1cnccc1NC(C)C1CCOCC1. The van der Waals surface area contributed by atoms with Gasteiger partial charge in [-0.15, -0.1) is 0 Å². The van der Waals surface area contributed by atoms with Crippen molar-refractivity contribution in [3.05, 3.63) is 24.0 Å². The van der Waals surface area contributed by atoms with Crippen molar-refractivity contribution in [2.24, 2.45) is 5.92 Å². The van der Waals surface area contributed by atoms with Gasteiger partial charge in [0.25, 0.3) is 0 Å². The lowest BCUT2D eigenvalue weighted by atomic mass is 9.92. The summed E-state index contributed by atoms with van der Waals surface area (Å²) in [5, 5.41) is 3.58. The van der Waals surface area contributed by atoms with Gasteiger partial charge in [0.1, 0.15) is 0 Å². The molecular formula is C13H20N2O. The van der Waals surface area contributed by atoms with Crippen LogP contribution >= 0.6 is 0 Å². The van der Waals surface area contributed by atoms with E-state index in [0.717, 1.165) is 32.0 Å². The zero-order chi connectivity index (χ0) is 11.4. The lowest BCUT2D eigenvalue weighted by Crippen LogP contribution is -2.31. The number of aromatic nitrogens is 1. The molecule has 0 aromatic carbocycles. The van der Waals surface area contributed by atoms with Crippen LogP contribution in [-0.2, 0) is 4.74 Å². The molecule has 1 aromatic rings. The lowest BCUT2D eigenvalue weighted by molar-refractivity contribution is 0.0622. The molecule has 0 aliphatic carbocycles. The van der Waals surface area contributed by atoms with Crippen LogP contribution < -0.4 is 5.32 Å². The van der Waals surface area contributed by atoms with Crippen LogP contribution in [0.15, 0.2) is 18.5 Å². The van der Waals surface area contributed by atoms with E-state index in [1.165, 1.54) is 11.3 Å². The molecule has 1 fully saturated rings. The average molecular weight is 220 g/mol. The van der Waals surface area contributed by atoms with Crippen molar-refractivity contribution in [2.45, 2.75) is 32.7 Å². The van der Waals surface area contributed by atoms with Gasteiger partial charge in [-0.3, -0.25) is 4.98 Å². The lowest BCUT2D eigenvalue weighted by Gasteiger charge is -2.29. The number of nitrogens with one attached hydrogen (secondary N) is 1. The summed E-state index contributed by atoms with van der Waals surface area (Å²) in [4.78, 5) is 4.10. The Labute approximate surface area is 97.2 Å². The molecule has 3 heteroatoms. The van der Waals surface area contributed by atoms with Gasteiger partial charge in [0.2, 0.25) is 0 Å². The number of hydrogen-bond acceptors (Lipinski definition) is 3. The molecule has 1 unspecified atom stereocenters. The van der Waals surface area contributed by atoms with E-state index in [9.17, 15) is 0 Å². The molecule has 0 radical (unpaired) electrons. The van der Waals surface area contributed by atoms with Gasteiger partial charge >= 0.3 is 0 Å². The first-order chi connectivity index (χ1) is 7.77. The first-order valence-electron chi connectivity index (χ1n) is 6.02. The molecular weight excluding hydrogens is 200 g/mol. The van der Waals surface area contributed by atoms with Crippen molar-refractivity contribution in [3.8, 4) is 0 Å². The van der Waals surface area contributed by atoms with E-state index >= 15 is 0 Å². The Kier molecular flexibility index (Phi) is 3.78.